The Morgan fingerprint density at radius 1 is 1.31 bits per heavy atom. The van der Waals surface area contributed by atoms with Gasteiger partial charge in [-0.1, -0.05) is 26.0 Å². The molecule has 1 aromatic carbocycles. The van der Waals surface area contributed by atoms with Crippen molar-refractivity contribution in [3.05, 3.63) is 30.1 Å². The smallest absolute Gasteiger partial charge is 0.112 e. The summed E-state index contributed by atoms with van der Waals surface area (Å²) in [6, 6.07) is 8.14. The van der Waals surface area contributed by atoms with E-state index in [0.29, 0.717) is 12.3 Å². The summed E-state index contributed by atoms with van der Waals surface area (Å²) in [6.07, 6.45) is 0.626. The highest BCUT2D eigenvalue weighted by atomic mass is 16.3. The van der Waals surface area contributed by atoms with Crippen molar-refractivity contribution < 1.29 is 5.11 Å². The Balaban J connectivity index is 2.50. The van der Waals surface area contributed by atoms with E-state index < -0.39 is 0 Å². The first-order chi connectivity index (χ1) is 7.72. The highest BCUT2D eigenvalue weighted by Gasteiger charge is 2.10. The topological polar surface area (TPSA) is 38.0 Å². The van der Waals surface area contributed by atoms with Gasteiger partial charge in [0.25, 0.3) is 0 Å². The lowest BCUT2D eigenvalue weighted by atomic mass is 10.2. The van der Waals surface area contributed by atoms with Crippen LogP contribution in [0.4, 0.5) is 0 Å². The van der Waals surface area contributed by atoms with E-state index in [4.69, 9.17) is 5.11 Å². The van der Waals surface area contributed by atoms with Crippen LogP contribution < -0.4 is 0 Å². The fourth-order valence-corrected chi connectivity index (χ4v) is 1.99. The maximum Gasteiger partial charge on any atom is 0.112 e. The Kier molecular flexibility index (Phi) is 3.25. The number of benzene rings is 1. The summed E-state index contributed by atoms with van der Waals surface area (Å²) < 4.78 is 2.22. The number of imidazole rings is 1. The molecule has 0 aliphatic heterocycles. The largest absolute Gasteiger partial charge is 0.396 e. The second-order valence-electron chi connectivity index (χ2n) is 4.49. The Hall–Kier alpha value is -1.35. The van der Waals surface area contributed by atoms with Gasteiger partial charge in [-0.15, -0.1) is 0 Å². The van der Waals surface area contributed by atoms with Gasteiger partial charge in [0.15, 0.2) is 0 Å². The predicted molar refractivity (Wildman–Crippen MR) is 65.4 cm³/mol. The molecule has 0 saturated carbocycles. The molecule has 16 heavy (non-hydrogen) atoms. The first-order valence-corrected chi connectivity index (χ1v) is 5.77. The van der Waals surface area contributed by atoms with Crippen molar-refractivity contribution in [2.24, 2.45) is 5.92 Å². The van der Waals surface area contributed by atoms with Crippen LogP contribution >= 0.6 is 0 Å². The molecule has 0 spiro atoms. The third-order valence-electron chi connectivity index (χ3n) is 2.62. The molecule has 0 aliphatic carbocycles. The van der Waals surface area contributed by atoms with E-state index in [1.165, 1.54) is 5.52 Å². The quantitative estimate of drug-likeness (QED) is 0.854. The molecule has 1 aromatic heterocycles. The van der Waals surface area contributed by atoms with Crippen LogP contribution in [-0.2, 0) is 13.0 Å². The third-order valence-corrected chi connectivity index (χ3v) is 2.62. The van der Waals surface area contributed by atoms with Gasteiger partial charge in [0.05, 0.1) is 17.6 Å². The highest BCUT2D eigenvalue weighted by Crippen LogP contribution is 2.17. The molecule has 2 aromatic rings. The summed E-state index contributed by atoms with van der Waals surface area (Å²) in [6.45, 7) is 5.49. The second kappa shape index (κ2) is 4.66. The lowest BCUT2D eigenvalue weighted by Gasteiger charge is -2.10. The average molecular weight is 218 g/mol. The molecule has 0 aliphatic rings. The normalized spacial score (nSPS) is 11.5. The van der Waals surface area contributed by atoms with Crippen LogP contribution in [0.2, 0.25) is 0 Å². The van der Waals surface area contributed by atoms with E-state index in [-0.39, 0.29) is 6.61 Å². The summed E-state index contributed by atoms with van der Waals surface area (Å²) in [5, 5.41) is 9.05. The van der Waals surface area contributed by atoms with E-state index >= 15 is 0 Å². The standard InChI is InChI=1S/C13H18N2O/c1-10(2)9-15-12-6-4-3-5-11(12)14-13(15)7-8-16/h3-6,10,16H,7-9H2,1-2H3. The number of para-hydroxylation sites is 2. The first-order valence-electron chi connectivity index (χ1n) is 5.77. The molecular formula is C13H18N2O. The molecule has 3 nitrogen and oxygen atoms in total. The molecule has 0 amide bonds. The minimum atomic E-state index is 0.154. The zero-order valence-electron chi connectivity index (χ0n) is 9.85. The van der Waals surface area contributed by atoms with E-state index in [1.54, 1.807) is 0 Å². The third kappa shape index (κ3) is 2.09. The number of hydrogen-bond donors (Lipinski definition) is 1. The second-order valence-corrected chi connectivity index (χ2v) is 4.49. The molecule has 1 N–H and O–H groups in total. The summed E-state index contributed by atoms with van der Waals surface area (Å²) in [5.41, 5.74) is 2.19. The van der Waals surface area contributed by atoms with E-state index in [1.807, 2.05) is 18.2 Å². The van der Waals surface area contributed by atoms with Gasteiger partial charge < -0.3 is 9.67 Å². The SMILES string of the molecule is CC(C)Cn1c(CCO)nc2ccccc21. The zero-order chi connectivity index (χ0) is 11.5. The van der Waals surface area contributed by atoms with E-state index in [2.05, 4.69) is 29.5 Å². The van der Waals surface area contributed by atoms with Gasteiger partial charge in [-0.05, 0) is 18.1 Å². The number of fused-ring (bicyclic) bond motifs is 1. The van der Waals surface area contributed by atoms with Gasteiger partial charge in [-0.25, -0.2) is 4.98 Å². The van der Waals surface area contributed by atoms with Crippen molar-refractivity contribution >= 4 is 11.0 Å². The number of hydrogen-bond acceptors (Lipinski definition) is 2. The number of aliphatic hydroxyl groups excluding tert-OH is 1. The van der Waals surface area contributed by atoms with Gasteiger partial charge in [-0.3, -0.25) is 0 Å². The average Bonchev–Trinajstić information content (AvgIpc) is 2.57. The molecule has 0 bridgehead atoms. The number of rotatable bonds is 4. The van der Waals surface area contributed by atoms with E-state index in [0.717, 1.165) is 17.9 Å². The monoisotopic (exact) mass is 218 g/mol. The minimum Gasteiger partial charge on any atom is -0.396 e. The molecule has 3 heteroatoms. The molecule has 2 rings (SSSR count). The van der Waals surface area contributed by atoms with Crippen LogP contribution in [0, 0.1) is 5.92 Å². The fraction of sp³-hybridized carbons (Fsp3) is 0.462. The number of aromatic nitrogens is 2. The van der Waals surface area contributed by atoms with Gasteiger partial charge in [0.1, 0.15) is 5.82 Å². The van der Waals surface area contributed by atoms with Crippen LogP contribution in [-0.4, -0.2) is 21.3 Å². The zero-order valence-corrected chi connectivity index (χ0v) is 9.85. The van der Waals surface area contributed by atoms with Crippen molar-refractivity contribution in [3.8, 4) is 0 Å². The lowest BCUT2D eigenvalue weighted by molar-refractivity contribution is 0.294. The van der Waals surface area contributed by atoms with Crippen LogP contribution in [0.1, 0.15) is 19.7 Å². The van der Waals surface area contributed by atoms with Crippen molar-refractivity contribution in [1.82, 2.24) is 9.55 Å². The molecule has 86 valence electrons. The number of aliphatic hydroxyl groups is 1. The molecule has 0 fully saturated rings. The number of nitrogens with zero attached hydrogens (tertiary/aromatic N) is 2. The molecule has 1 heterocycles. The molecule has 0 unspecified atom stereocenters. The van der Waals surface area contributed by atoms with Crippen LogP contribution in [0.25, 0.3) is 11.0 Å². The van der Waals surface area contributed by atoms with E-state index in [9.17, 15) is 0 Å². The van der Waals surface area contributed by atoms with Crippen LogP contribution in [0.15, 0.2) is 24.3 Å². The Labute approximate surface area is 95.7 Å². The summed E-state index contributed by atoms with van der Waals surface area (Å²) in [4.78, 5) is 4.56. The molecular weight excluding hydrogens is 200 g/mol. The Bertz CT molecular complexity index is 474. The minimum absolute atomic E-state index is 0.154. The lowest BCUT2D eigenvalue weighted by Crippen LogP contribution is -2.09. The van der Waals surface area contributed by atoms with Crippen molar-refractivity contribution in [3.63, 3.8) is 0 Å². The molecule has 0 saturated heterocycles. The maximum atomic E-state index is 9.05. The van der Waals surface area contributed by atoms with Crippen molar-refractivity contribution in [2.45, 2.75) is 26.8 Å². The van der Waals surface area contributed by atoms with Crippen LogP contribution in [0.5, 0.6) is 0 Å². The molecule has 0 radical (unpaired) electrons. The fourth-order valence-electron chi connectivity index (χ4n) is 1.99. The summed E-state index contributed by atoms with van der Waals surface area (Å²) >= 11 is 0. The summed E-state index contributed by atoms with van der Waals surface area (Å²) in [7, 11) is 0. The van der Waals surface area contributed by atoms with Gasteiger partial charge in [0, 0.05) is 13.0 Å². The van der Waals surface area contributed by atoms with Crippen LogP contribution in [0.3, 0.4) is 0 Å². The first kappa shape index (κ1) is 11.1. The highest BCUT2D eigenvalue weighted by molar-refractivity contribution is 5.75. The Morgan fingerprint density at radius 3 is 2.75 bits per heavy atom. The van der Waals surface area contributed by atoms with Gasteiger partial charge >= 0.3 is 0 Å². The predicted octanol–water partition coefficient (Wildman–Crippen LogP) is 2.23. The van der Waals surface area contributed by atoms with Crippen molar-refractivity contribution in [2.75, 3.05) is 6.61 Å². The van der Waals surface area contributed by atoms with Crippen molar-refractivity contribution in [1.29, 1.82) is 0 Å². The Morgan fingerprint density at radius 2 is 2.06 bits per heavy atom. The molecule has 0 atom stereocenters. The maximum absolute atomic E-state index is 9.05. The van der Waals surface area contributed by atoms with Gasteiger partial charge in [0.2, 0.25) is 0 Å². The summed E-state index contributed by atoms with van der Waals surface area (Å²) in [5.74, 6) is 1.56. The van der Waals surface area contributed by atoms with Gasteiger partial charge in [-0.2, -0.15) is 0 Å².